The first-order valence-electron chi connectivity index (χ1n) is 6.70. The van der Waals surface area contributed by atoms with Gasteiger partial charge in [-0.1, -0.05) is 58.4 Å². The van der Waals surface area contributed by atoms with Crippen molar-refractivity contribution in [2.45, 2.75) is 12.0 Å². The molecule has 0 radical (unpaired) electrons. The zero-order valence-corrected chi connectivity index (χ0v) is 14.7. The Kier molecular flexibility index (Phi) is 6.56. The Hall–Kier alpha value is -0.540. The first kappa shape index (κ1) is 16.8. The van der Waals surface area contributed by atoms with E-state index in [9.17, 15) is 0 Å². The SMILES string of the molecule is ClCC(CCl)(COCc1ccccc1)c1cccc(Br)c1. The highest BCUT2D eigenvalue weighted by atomic mass is 79.9. The van der Waals surface area contributed by atoms with E-state index in [0.717, 1.165) is 15.6 Å². The maximum absolute atomic E-state index is 6.21. The fourth-order valence-electron chi connectivity index (χ4n) is 2.11. The van der Waals surface area contributed by atoms with Gasteiger partial charge in [0.1, 0.15) is 0 Å². The third-order valence-electron chi connectivity index (χ3n) is 3.44. The van der Waals surface area contributed by atoms with Gasteiger partial charge in [-0.2, -0.15) is 0 Å². The number of hydrogen-bond donors (Lipinski definition) is 0. The Morgan fingerprint density at radius 1 is 0.952 bits per heavy atom. The van der Waals surface area contributed by atoms with Crippen LogP contribution in [0.4, 0.5) is 0 Å². The van der Waals surface area contributed by atoms with Crippen molar-refractivity contribution >= 4 is 39.1 Å². The van der Waals surface area contributed by atoms with E-state index in [0.29, 0.717) is 25.0 Å². The predicted octanol–water partition coefficient (Wildman–Crippen LogP) is 5.38. The number of rotatable bonds is 7. The summed E-state index contributed by atoms with van der Waals surface area (Å²) in [5.41, 5.74) is 1.86. The van der Waals surface area contributed by atoms with Crippen molar-refractivity contribution in [1.82, 2.24) is 0 Å². The zero-order chi connectivity index (χ0) is 15.1. The van der Waals surface area contributed by atoms with Crippen LogP contribution < -0.4 is 0 Å². The van der Waals surface area contributed by atoms with Crippen LogP contribution in [0.3, 0.4) is 0 Å². The minimum absolute atomic E-state index is 0.373. The number of alkyl halides is 2. The van der Waals surface area contributed by atoms with Gasteiger partial charge in [0.05, 0.1) is 13.2 Å². The average molecular weight is 388 g/mol. The van der Waals surface area contributed by atoms with Crippen molar-refractivity contribution in [1.29, 1.82) is 0 Å². The minimum atomic E-state index is -0.373. The summed E-state index contributed by atoms with van der Waals surface area (Å²) in [5, 5.41) is 0. The molecule has 0 spiro atoms. The first-order chi connectivity index (χ1) is 10.2. The monoisotopic (exact) mass is 386 g/mol. The van der Waals surface area contributed by atoms with E-state index < -0.39 is 0 Å². The van der Waals surface area contributed by atoms with Crippen LogP contribution in [-0.2, 0) is 16.8 Å². The highest BCUT2D eigenvalue weighted by Gasteiger charge is 2.31. The maximum atomic E-state index is 6.21. The van der Waals surface area contributed by atoms with Crippen LogP contribution in [0.15, 0.2) is 59.1 Å². The van der Waals surface area contributed by atoms with Gasteiger partial charge in [0.15, 0.2) is 0 Å². The summed E-state index contributed by atoms with van der Waals surface area (Å²) in [6.45, 7) is 1.05. The summed E-state index contributed by atoms with van der Waals surface area (Å²) >= 11 is 15.9. The highest BCUT2D eigenvalue weighted by Crippen LogP contribution is 2.30. The molecule has 112 valence electrons. The molecule has 0 aromatic heterocycles. The number of hydrogen-bond acceptors (Lipinski definition) is 1. The number of benzene rings is 2. The third-order valence-corrected chi connectivity index (χ3v) is 4.95. The van der Waals surface area contributed by atoms with E-state index in [1.54, 1.807) is 0 Å². The van der Waals surface area contributed by atoms with Gasteiger partial charge in [-0.3, -0.25) is 0 Å². The van der Waals surface area contributed by atoms with Crippen LogP contribution in [0.2, 0.25) is 0 Å². The van der Waals surface area contributed by atoms with Crippen LogP contribution in [-0.4, -0.2) is 18.4 Å². The maximum Gasteiger partial charge on any atom is 0.0717 e. The molecule has 21 heavy (non-hydrogen) atoms. The Labute approximate surface area is 144 Å². The Morgan fingerprint density at radius 2 is 1.67 bits per heavy atom. The summed E-state index contributed by atoms with van der Waals surface area (Å²) in [6, 6.07) is 18.2. The minimum Gasteiger partial charge on any atom is -0.376 e. The first-order valence-corrected chi connectivity index (χ1v) is 8.56. The molecule has 2 aromatic rings. The summed E-state index contributed by atoms with van der Waals surface area (Å²) in [5.74, 6) is 0.837. The van der Waals surface area contributed by atoms with Gasteiger partial charge >= 0.3 is 0 Å². The molecule has 0 saturated heterocycles. The number of halogens is 3. The second-order valence-corrected chi connectivity index (χ2v) is 6.49. The van der Waals surface area contributed by atoms with E-state index in [2.05, 4.69) is 22.0 Å². The molecule has 0 amide bonds. The number of ether oxygens (including phenoxy) is 1. The Balaban J connectivity index is 2.08. The molecule has 0 fully saturated rings. The lowest BCUT2D eigenvalue weighted by molar-refractivity contribution is 0.0846. The van der Waals surface area contributed by atoms with E-state index in [4.69, 9.17) is 27.9 Å². The van der Waals surface area contributed by atoms with E-state index in [-0.39, 0.29) is 5.41 Å². The summed E-state index contributed by atoms with van der Waals surface area (Å²) < 4.78 is 6.89. The van der Waals surface area contributed by atoms with Crippen LogP contribution in [0, 0.1) is 0 Å². The second-order valence-electron chi connectivity index (χ2n) is 5.04. The summed E-state index contributed by atoms with van der Waals surface area (Å²) in [4.78, 5) is 0. The van der Waals surface area contributed by atoms with E-state index in [1.165, 1.54) is 0 Å². The quantitative estimate of drug-likeness (QED) is 0.579. The van der Waals surface area contributed by atoms with Gasteiger partial charge < -0.3 is 4.74 Å². The van der Waals surface area contributed by atoms with Gasteiger partial charge in [-0.05, 0) is 23.3 Å². The molecule has 0 saturated carbocycles. The molecule has 0 unspecified atom stereocenters. The summed E-state index contributed by atoms with van der Waals surface area (Å²) in [7, 11) is 0. The van der Waals surface area contributed by atoms with Crippen molar-refractivity contribution < 1.29 is 4.74 Å². The standard InChI is InChI=1S/C17H17BrCl2O/c18-16-8-4-7-15(9-16)17(11-19,12-20)13-21-10-14-5-2-1-3-6-14/h1-9H,10-13H2. The fourth-order valence-corrected chi connectivity index (χ4v) is 3.26. The highest BCUT2D eigenvalue weighted by molar-refractivity contribution is 9.10. The molecule has 2 rings (SSSR count). The molecule has 0 bridgehead atoms. The lowest BCUT2D eigenvalue weighted by Gasteiger charge is -2.30. The average Bonchev–Trinajstić information content (AvgIpc) is 2.53. The van der Waals surface area contributed by atoms with Gasteiger partial charge in [-0.25, -0.2) is 0 Å². The third kappa shape index (κ3) is 4.46. The molecule has 2 aromatic carbocycles. The topological polar surface area (TPSA) is 9.23 Å². The molecule has 4 heteroatoms. The van der Waals surface area contributed by atoms with Crippen molar-refractivity contribution in [3.8, 4) is 0 Å². The zero-order valence-electron chi connectivity index (χ0n) is 11.6. The van der Waals surface area contributed by atoms with E-state index in [1.807, 2.05) is 48.5 Å². The molecular formula is C17H17BrCl2O. The van der Waals surface area contributed by atoms with E-state index >= 15 is 0 Å². The Bertz CT molecular complexity index is 556. The van der Waals surface area contributed by atoms with Gasteiger partial charge in [-0.15, -0.1) is 23.2 Å². The molecule has 0 heterocycles. The van der Waals surface area contributed by atoms with Crippen molar-refractivity contribution in [2.75, 3.05) is 18.4 Å². The molecule has 0 aliphatic heterocycles. The van der Waals surface area contributed by atoms with Gasteiger partial charge in [0.2, 0.25) is 0 Å². The van der Waals surface area contributed by atoms with Crippen LogP contribution >= 0.6 is 39.1 Å². The van der Waals surface area contributed by atoms with Crippen molar-refractivity contribution in [3.05, 3.63) is 70.2 Å². The molecule has 1 nitrogen and oxygen atoms in total. The lowest BCUT2D eigenvalue weighted by Crippen LogP contribution is -2.36. The molecule has 0 aliphatic carbocycles. The van der Waals surface area contributed by atoms with Gasteiger partial charge in [0.25, 0.3) is 0 Å². The molecular weight excluding hydrogens is 371 g/mol. The fraction of sp³-hybridized carbons (Fsp3) is 0.294. The summed E-state index contributed by atoms with van der Waals surface area (Å²) in [6.07, 6.45) is 0. The molecule has 0 N–H and O–H groups in total. The van der Waals surface area contributed by atoms with Crippen LogP contribution in [0.5, 0.6) is 0 Å². The molecule has 0 aliphatic rings. The predicted molar refractivity (Wildman–Crippen MR) is 93.4 cm³/mol. The smallest absolute Gasteiger partial charge is 0.0717 e. The van der Waals surface area contributed by atoms with Crippen LogP contribution in [0.1, 0.15) is 11.1 Å². The van der Waals surface area contributed by atoms with Crippen LogP contribution in [0.25, 0.3) is 0 Å². The molecule has 0 atom stereocenters. The lowest BCUT2D eigenvalue weighted by atomic mass is 9.85. The largest absolute Gasteiger partial charge is 0.376 e. The Morgan fingerprint density at radius 3 is 2.29 bits per heavy atom. The second kappa shape index (κ2) is 8.19. The van der Waals surface area contributed by atoms with Crippen molar-refractivity contribution in [2.24, 2.45) is 0 Å². The van der Waals surface area contributed by atoms with Crippen molar-refractivity contribution in [3.63, 3.8) is 0 Å². The van der Waals surface area contributed by atoms with Gasteiger partial charge in [0, 0.05) is 21.6 Å². The normalized spacial score (nSPS) is 11.6.